The summed E-state index contributed by atoms with van der Waals surface area (Å²) in [6.45, 7) is 1.25. The summed E-state index contributed by atoms with van der Waals surface area (Å²) in [7, 11) is 3.83. The van der Waals surface area contributed by atoms with E-state index < -0.39 is 76.1 Å². The van der Waals surface area contributed by atoms with Gasteiger partial charge in [0.2, 0.25) is 6.93 Å². The standard InChI is InChI=1S/C5H8F4O.C4H8F2O.C3H5F3.2C2H2F4.3C2H5F.CH2F2.4CH3FO.8CH4/c1-4(2,3-6)10-5(7,8)9;1-4(2,3-5)7-6;1-2-3(4,5)6;2*3-1-2(4,5)6;3*1-2-3;2-1-3;4*1-3-2;;;;;;;;/h3H2,1-2H3;3H2,1-2H3;2H2,1H3;2*1H2;3*2H2,1H3;1H2;4*1H3;8*1H4. The topological polar surface area (TPSA) is 55.4 Å². The van der Waals surface area contributed by atoms with E-state index in [1.165, 1.54) is 34.6 Å². The van der Waals surface area contributed by atoms with E-state index in [4.69, 9.17) is 0 Å². The molecule has 0 fully saturated rings. The monoisotopic (exact) mass is 1100 g/mol. The Kier molecular flexibility index (Phi) is 217. The van der Waals surface area contributed by atoms with Gasteiger partial charge in [0.05, 0.1) is 48.5 Å². The minimum absolute atomic E-state index is 0. The molecule has 0 spiro atoms. The van der Waals surface area contributed by atoms with Crippen molar-refractivity contribution in [1.82, 2.24) is 0 Å². The zero-order valence-corrected chi connectivity index (χ0v) is 33.6. The fourth-order valence-corrected chi connectivity index (χ4v) is 0.361. The van der Waals surface area contributed by atoms with Gasteiger partial charge in [0.1, 0.15) is 24.6 Å². The Morgan fingerprint density at radius 3 is 0.463 bits per heavy atom. The highest BCUT2D eigenvalue weighted by atomic mass is 19.4. The van der Waals surface area contributed by atoms with E-state index in [1.807, 2.05) is 0 Å². The molecule has 67 heavy (non-hydrogen) atoms. The van der Waals surface area contributed by atoms with Gasteiger partial charge >= 0.3 is 24.9 Å². The molecule has 0 aliphatic rings. The Hall–Kier alpha value is -2.06. The van der Waals surface area contributed by atoms with Crippen LogP contribution in [0.3, 0.4) is 0 Å². The van der Waals surface area contributed by atoms with E-state index in [0.29, 0.717) is 0 Å². The highest BCUT2D eigenvalue weighted by Crippen LogP contribution is 2.25. The fraction of sp³-hybridized carbons (Fsp3) is 1.00. The van der Waals surface area contributed by atoms with Crippen molar-refractivity contribution in [2.45, 2.75) is 157 Å². The summed E-state index contributed by atoms with van der Waals surface area (Å²) < 4.78 is 276. The first kappa shape index (κ1) is 138. The summed E-state index contributed by atoms with van der Waals surface area (Å²) in [6.07, 6.45) is -18.7. The van der Waals surface area contributed by atoms with Gasteiger partial charge in [-0.05, 0) is 71.1 Å². The summed E-state index contributed by atoms with van der Waals surface area (Å²) >= 11 is 0. The normalized spacial score (nSPS) is 8.69. The van der Waals surface area contributed by atoms with Crippen molar-refractivity contribution in [3.8, 4) is 0 Å². The number of hydrogen-bond acceptors (Lipinski definition) is 6. The minimum Gasteiger partial charge on any atom is -0.283 e. The smallest absolute Gasteiger partial charge is 0.283 e. The van der Waals surface area contributed by atoms with Gasteiger partial charge in [-0.2, -0.15) is 64.2 Å². The van der Waals surface area contributed by atoms with Crippen molar-refractivity contribution < 1.29 is 144 Å². The molecule has 0 atom stereocenters. The maximum Gasteiger partial charge on any atom is 0.523 e. The first-order chi connectivity index (χ1) is 26.4. The van der Waals surface area contributed by atoms with Crippen molar-refractivity contribution in [3.05, 3.63) is 0 Å². The molecule has 0 radical (unpaired) electrons. The molecule has 0 rings (SSSR count). The van der Waals surface area contributed by atoms with E-state index in [9.17, 15) is 115 Å². The van der Waals surface area contributed by atoms with Crippen LogP contribution in [0.15, 0.2) is 0 Å². The lowest BCUT2D eigenvalue weighted by atomic mass is 10.2. The number of halogens is 26. The second kappa shape index (κ2) is 106. The van der Waals surface area contributed by atoms with Gasteiger partial charge in [0, 0.05) is 6.42 Å². The summed E-state index contributed by atoms with van der Waals surface area (Å²) in [5, 5.41) is 0. The fourth-order valence-electron chi connectivity index (χ4n) is 0.361. The van der Waals surface area contributed by atoms with E-state index in [0.717, 1.165) is 49.2 Å². The van der Waals surface area contributed by atoms with E-state index in [-0.39, 0.29) is 79.4 Å². The lowest BCUT2D eigenvalue weighted by molar-refractivity contribution is -0.362. The third kappa shape index (κ3) is 510. The van der Waals surface area contributed by atoms with Gasteiger partial charge in [-0.25, -0.2) is 26.3 Å². The van der Waals surface area contributed by atoms with E-state index in [2.05, 4.69) is 29.4 Å². The maximum atomic E-state index is 11.7. The first-order valence-corrected chi connectivity index (χ1v) is 14.3. The van der Waals surface area contributed by atoms with Gasteiger partial charge < -0.3 is 0 Å². The van der Waals surface area contributed by atoms with Crippen LogP contribution in [0.1, 0.15) is 121 Å². The largest absolute Gasteiger partial charge is 0.523 e. The molecule has 0 aliphatic carbocycles. The van der Waals surface area contributed by atoms with Crippen LogP contribution in [-0.2, 0) is 29.4 Å². The summed E-state index contributed by atoms with van der Waals surface area (Å²) in [5.74, 6) is 0. The van der Waals surface area contributed by atoms with Gasteiger partial charge in [-0.3, -0.25) is 17.9 Å². The van der Waals surface area contributed by atoms with E-state index >= 15 is 0 Å². The molecule has 0 aromatic carbocycles. The molecule has 0 heterocycles. The van der Waals surface area contributed by atoms with Gasteiger partial charge in [0.15, 0.2) is 13.3 Å². The Morgan fingerprint density at radius 1 is 0.328 bits per heavy atom. The zero-order chi connectivity index (χ0) is 51.6. The van der Waals surface area contributed by atoms with Crippen LogP contribution in [0.5, 0.6) is 0 Å². The van der Waals surface area contributed by atoms with Crippen molar-refractivity contribution >= 4 is 0 Å². The molecular formula is C35H86F26O6. The Morgan fingerprint density at radius 2 is 0.448 bits per heavy atom. The van der Waals surface area contributed by atoms with Gasteiger partial charge in [0.25, 0.3) is 0 Å². The molecule has 0 aromatic heterocycles. The number of ether oxygens (including phenoxy) is 1. The van der Waals surface area contributed by atoms with Crippen LogP contribution >= 0.6 is 0 Å². The molecule has 0 aromatic rings. The van der Waals surface area contributed by atoms with Crippen molar-refractivity contribution in [2.75, 3.05) is 82.1 Å². The molecule has 0 bridgehead atoms. The molecule has 0 saturated heterocycles. The predicted molar refractivity (Wildman–Crippen MR) is 218 cm³/mol. The predicted octanol–water partition coefficient (Wildman–Crippen LogP) is 19.9. The number of rotatable bonds is 4. The van der Waals surface area contributed by atoms with Crippen LogP contribution in [-0.4, -0.2) is 118 Å². The summed E-state index contributed by atoms with van der Waals surface area (Å²) in [5.41, 5.74) is -3.02. The highest BCUT2D eigenvalue weighted by Gasteiger charge is 2.37. The number of alkyl halides is 21. The van der Waals surface area contributed by atoms with Gasteiger partial charge in [-0.1, -0.05) is 66.3 Å². The Labute approximate surface area is 384 Å². The Bertz CT molecular complexity index is 558. The molecule has 0 aliphatic heterocycles. The first-order valence-electron chi connectivity index (χ1n) is 14.3. The van der Waals surface area contributed by atoms with Crippen LogP contribution in [0, 0.1) is 0 Å². The second-order valence-corrected chi connectivity index (χ2v) is 8.40. The van der Waals surface area contributed by atoms with Crippen LogP contribution < -0.4 is 0 Å². The SMILES string of the molecule is C.C.C.C.C.C.C.C.CC(C)(CF)OC(F)(F)F.CC(C)(CF)OF.CCC(F)(F)F.CCF.CCF.CCF.COF.COF.COF.COF.FCC(F)(F)F.FCC(F)(F)F.FCF. The molecule has 32 heteroatoms. The van der Waals surface area contributed by atoms with E-state index in [1.54, 1.807) is 0 Å². The Balaban J connectivity index is -0.0000000182. The van der Waals surface area contributed by atoms with Gasteiger partial charge in [-0.15, -0.1) is 13.2 Å². The van der Waals surface area contributed by atoms with Crippen LogP contribution in [0.4, 0.5) is 115 Å². The molecule has 444 valence electrons. The van der Waals surface area contributed by atoms with Crippen LogP contribution in [0.25, 0.3) is 0 Å². The maximum absolute atomic E-state index is 11.7. The lowest BCUT2D eigenvalue weighted by Crippen LogP contribution is -2.34. The molecule has 0 N–H and O–H groups in total. The minimum atomic E-state index is -4.75. The van der Waals surface area contributed by atoms with Crippen molar-refractivity contribution in [2.24, 2.45) is 0 Å². The molecule has 0 amide bonds. The summed E-state index contributed by atoms with van der Waals surface area (Å²) in [4.78, 5) is 14.2. The van der Waals surface area contributed by atoms with Crippen molar-refractivity contribution in [3.63, 3.8) is 0 Å². The number of hydrogen-bond donors (Lipinski definition) is 0. The third-order valence-corrected chi connectivity index (χ3v) is 1.95. The average molecular weight is 1100 g/mol. The second-order valence-electron chi connectivity index (χ2n) is 8.40. The van der Waals surface area contributed by atoms with Crippen molar-refractivity contribution in [1.29, 1.82) is 0 Å². The molecule has 6 nitrogen and oxygen atoms in total. The third-order valence-electron chi connectivity index (χ3n) is 1.95. The molecule has 0 unspecified atom stereocenters. The molecular weight excluding hydrogens is 1010 g/mol. The average Bonchev–Trinajstić information content (AvgIpc) is 3.07. The lowest BCUT2D eigenvalue weighted by Gasteiger charge is -2.22. The highest BCUT2D eigenvalue weighted by molar-refractivity contribution is 4.66. The molecule has 0 saturated carbocycles. The zero-order valence-electron chi connectivity index (χ0n) is 33.6. The quantitative estimate of drug-likeness (QED) is 0.262. The summed E-state index contributed by atoms with van der Waals surface area (Å²) in [6, 6.07) is 0. The van der Waals surface area contributed by atoms with Crippen LogP contribution in [0.2, 0.25) is 0 Å².